The second kappa shape index (κ2) is 7.86. The van der Waals surface area contributed by atoms with Crippen LogP contribution in [-0.4, -0.2) is 20.1 Å². The van der Waals surface area contributed by atoms with E-state index < -0.39 is 17.8 Å². The monoisotopic (exact) mass is 424 g/mol. The lowest BCUT2D eigenvalue weighted by Crippen LogP contribution is -2.16. The molecule has 0 radical (unpaired) electrons. The van der Waals surface area contributed by atoms with E-state index in [4.69, 9.17) is 0 Å². The average Bonchev–Trinajstić information content (AvgIpc) is 2.72. The normalized spacial score (nSPS) is 12.7. The standard InChI is InChI=1S/C23H19F3N4O/c1-13-12-14(2)29-22(28-13)30-19(16-5-8-17(9-6-16)23(24,25)26)18-10-7-15-4-3-11-27-20(15)21(18)31/h3-12,19,31H,1-2H3,(H,28,29,30). The summed E-state index contributed by atoms with van der Waals surface area (Å²) in [6, 6.07) is 13.0. The maximum absolute atomic E-state index is 13.0. The zero-order valence-electron chi connectivity index (χ0n) is 16.8. The molecular formula is C23H19F3N4O. The maximum Gasteiger partial charge on any atom is 0.416 e. The molecule has 0 saturated heterocycles. The zero-order chi connectivity index (χ0) is 22.2. The van der Waals surface area contributed by atoms with Crippen LogP contribution in [0.25, 0.3) is 10.9 Å². The van der Waals surface area contributed by atoms with Crippen molar-refractivity contribution in [3.8, 4) is 5.75 Å². The van der Waals surface area contributed by atoms with E-state index in [-0.39, 0.29) is 5.75 Å². The Morgan fingerprint density at radius 1 is 0.935 bits per heavy atom. The van der Waals surface area contributed by atoms with Gasteiger partial charge in [0.05, 0.1) is 11.6 Å². The van der Waals surface area contributed by atoms with Crippen LogP contribution in [0.4, 0.5) is 19.1 Å². The van der Waals surface area contributed by atoms with Crippen LogP contribution in [0.1, 0.15) is 34.1 Å². The van der Waals surface area contributed by atoms with Crippen molar-refractivity contribution in [2.24, 2.45) is 0 Å². The first-order chi connectivity index (χ1) is 14.7. The van der Waals surface area contributed by atoms with Crippen molar-refractivity contribution in [2.45, 2.75) is 26.1 Å². The summed E-state index contributed by atoms with van der Waals surface area (Å²) in [6.45, 7) is 3.65. The molecule has 0 amide bonds. The van der Waals surface area contributed by atoms with Gasteiger partial charge in [-0.25, -0.2) is 9.97 Å². The minimum Gasteiger partial charge on any atom is -0.505 e. The topological polar surface area (TPSA) is 70.9 Å². The van der Waals surface area contributed by atoms with Gasteiger partial charge in [0, 0.05) is 28.5 Å². The van der Waals surface area contributed by atoms with Gasteiger partial charge in [-0.3, -0.25) is 4.98 Å². The van der Waals surface area contributed by atoms with Crippen LogP contribution in [0, 0.1) is 13.8 Å². The molecule has 0 aliphatic rings. The van der Waals surface area contributed by atoms with Gasteiger partial charge >= 0.3 is 6.18 Å². The highest BCUT2D eigenvalue weighted by molar-refractivity contribution is 5.85. The van der Waals surface area contributed by atoms with Gasteiger partial charge in [0.1, 0.15) is 11.3 Å². The number of phenolic OH excluding ortho intramolecular Hbond substituents is 1. The Kier molecular flexibility index (Phi) is 5.22. The second-order valence-electron chi connectivity index (χ2n) is 7.25. The number of aryl methyl sites for hydroxylation is 2. The lowest BCUT2D eigenvalue weighted by molar-refractivity contribution is -0.137. The summed E-state index contributed by atoms with van der Waals surface area (Å²) < 4.78 is 39.1. The van der Waals surface area contributed by atoms with E-state index in [1.165, 1.54) is 12.1 Å². The van der Waals surface area contributed by atoms with Gasteiger partial charge in [0.2, 0.25) is 5.95 Å². The summed E-state index contributed by atoms with van der Waals surface area (Å²) in [5, 5.41) is 14.8. The highest BCUT2D eigenvalue weighted by atomic mass is 19.4. The van der Waals surface area contributed by atoms with Gasteiger partial charge in [-0.2, -0.15) is 13.2 Å². The number of aromatic nitrogens is 3. The number of hydrogen-bond acceptors (Lipinski definition) is 5. The third-order valence-corrected chi connectivity index (χ3v) is 4.92. The van der Waals surface area contributed by atoms with Crippen molar-refractivity contribution < 1.29 is 18.3 Å². The molecule has 0 saturated carbocycles. The number of rotatable bonds is 4. The van der Waals surface area contributed by atoms with Gasteiger partial charge < -0.3 is 10.4 Å². The summed E-state index contributed by atoms with van der Waals surface area (Å²) in [5.41, 5.74) is 2.10. The number of nitrogens with zero attached hydrogens (tertiary/aromatic N) is 3. The van der Waals surface area contributed by atoms with Crippen LogP contribution in [-0.2, 0) is 6.18 Å². The summed E-state index contributed by atoms with van der Waals surface area (Å²) in [7, 11) is 0. The third-order valence-electron chi connectivity index (χ3n) is 4.92. The van der Waals surface area contributed by atoms with Crippen LogP contribution in [0.15, 0.2) is 60.8 Å². The number of hydrogen-bond donors (Lipinski definition) is 2. The smallest absolute Gasteiger partial charge is 0.416 e. The first kappa shape index (κ1) is 20.6. The Balaban J connectivity index is 1.84. The molecular weight excluding hydrogens is 405 g/mol. The van der Waals surface area contributed by atoms with Crippen LogP contribution < -0.4 is 5.32 Å². The quantitative estimate of drug-likeness (QED) is 0.448. The Morgan fingerprint density at radius 2 is 1.61 bits per heavy atom. The molecule has 0 aliphatic carbocycles. The van der Waals surface area contributed by atoms with Crippen LogP contribution in [0.5, 0.6) is 5.75 Å². The van der Waals surface area contributed by atoms with Crippen molar-refractivity contribution in [3.63, 3.8) is 0 Å². The fourth-order valence-corrected chi connectivity index (χ4v) is 3.50. The SMILES string of the molecule is Cc1cc(C)nc(NC(c2ccc(C(F)(F)F)cc2)c2ccc3cccnc3c2O)n1. The van der Waals surface area contributed by atoms with Crippen molar-refractivity contribution in [2.75, 3.05) is 5.32 Å². The fraction of sp³-hybridized carbons (Fsp3) is 0.174. The number of alkyl halides is 3. The van der Waals surface area contributed by atoms with E-state index in [0.717, 1.165) is 28.9 Å². The molecule has 0 fully saturated rings. The minimum absolute atomic E-state index is 0.0557. The van der Waals surface area contributed by atoms with Crippen molar-refractivity contribution >= 4 is 16.9 Å². The molecule has 0 aliphatic heterocycles. The van der Waals surface area contributed by atoms with Gasteiger partial charge in [-0.1, -0.05) is 30.3 Å². The first-order valence-electron chi connectivity index (χ1n) is 9.55. The highest BCUT2D eigenvalue weighted by Gasteiger charge is 2.30. The second-order valence-corrected chi connectivity index (χ2v) is 7.25. The lowest BCUT2D eigenvalue weighted by Gasteiger charge is -2.22. The predicted molar refractivity (Wildman–Crippen MR) is 112 cm³/mol. The number of phenols is 1. The summed E-state index contributed by atoms with van der Waals surface area (Å²) in [4.78, 5) is 13.0. The molecule has 0 bridgehead atoms. The van der Waals surface area contributed by atoms with Crippen LogP contribution in [0.2, 0.25) is 0 Å². The molecule has 5 nitrogen and oxygen atoms in total. The fourth-order valence-electron chi connectivity index (χ4n) is 3.50. The molecule has 4 rings (SSSR count). The van der Waals surface area contributed by atoms with Crippen molar-refractivity contribution in [1.29, 1.82) is 0 Å². The van der Waals surface area contributed by atoms with E-state index >= 15 is 0 Å². The number of halogens is 3. The molecule has 2 heterocycles. The molecule has 4 aromatic rings. The number of pyridine rings is 1. The number of benzene rings is 2. The molecule has 1 atom stereocenters. The molecule has 0 spiro atoms. The molecule has 2 aromatic carbocycles. The van der Waals surface area contributed by atoms with Gasteiger partial charge in [0.15, 0.2) is 0 Å². The Hall–Kier alpha value is -3.68. The van der Waals surface area contributed by atoms with E-state index in [2.05, 4.69) is 20.3 Å². The van der Waals surface area contributed by atoms with Crippen LogP contribution >= 0.6 is 0 Å². The Bertz CT molecular complexity index is 1220. The molecule has 1 unspecified atom stereocenters. The molecule has 2 N–H and O–H groups in total. The van der Waals surface area contributed by atoms with Gasteiger partial charge in [-0.15, -0.1) is 0 Å². The average molecular weight is 424 g/mol. The largest absolute Gasteiger partial charge is 0.505 e. The van der Waals surface area contributed by atoms with E-state index in [1.807, 2.05) is 26.0 Å². The van der Waals surface area contributed by atoms with E-state index in [0.29, 0.717) is 22.6 Å². The number of nitrogens with one attached hydrogen (secondary N) is 1. The number of fused-ring (bicyclic) bond motifs is 1. The van der Waals surface area contributed by atoms with E-state index in [9.17, 15) is 18.3 Å². The third kappa shape index (κ3) is 4.28. The van der Waals surface area contributed by atoms with Crippen molar-refractivity contribution in [1.82, 2.24) is 15.0 Å². The molecule has 2 aromatic heterocycles. The summed E-state index contributed by atoms with van der Waals surface area (Å²) in [5.74, 6) is 0.253. The van der Waals surface area contributed by atoms with Gasteiger partial charge in [0.25, 0.3) is 0 Å². The highest BCUT2D eigenvalue weighted by Crippen LogP contribution is 2.37. The molecule has 31 heavy (non-hydrogen) atoms. The zero-order valence-corrected chi connectivity index (χ0v) is 16.8. The molecule has 8 heteroatoms. The minimum atomic E-state index is -4.44. The molecule has 158 valence electrons. The summed E-state index contributed by atoms with van der Waals surface area (Å²) >= 11 is 0. The van der Waals surface area contributed by atoms with E-state index in [1.54, 1.807) is 24.4 Å². The lowest BCUT2D eigenvalue weighted by atomic mass is 9.95. The van der Waals surface area contributed by atoms with Gasteiger partial charge in [-0.05, 0) is 43.7 Å². The first-order valence-corrected chi connectivity index (χ1v) is 9.55. The Labute approximate surface area is 176 Å². The summed E-state index contributed by atoms with van der Waals surface area (Å²) in [6.07, 6.45) is -2.87. The van der Waals surface area contributed by atoms with Crippen molar-refractivity contribution in [3.05, 3.63) is 88.9 Å². The van der Waals surface area contributed by atoms with Crippen LogP contribution in [0.3, 0.4) is 0 Å². The predicted octanol–water partition coefficient (Wildman–Crippen LogP) is 5.57. The Morgan fingerprint density at radius 3 is 2.26 bits per heavy atom. The maximum atomic E-state index is 13.0. The number of aromatic hydroxyl groups is 1. The number of anilines is 1.